The fourth-order valence-electron chi connectivity index (χ4n) is 7.87. The molecule has 1 heteroatoms. The highest BCUT2D eigenvalue weighted by Gasteiger charge is 2.28. The third-order valence-corrected chi connectivity index (χ3v) is 14.6. The fourth-order valence-corrected chi connectivity index (χ4v) is 12.7. The summed E-state index contributed by atoms with van der Waals surface area (Å²) in [4.78, 5) is 0. The first-order valence-electron chi connectivity index (χ1n) is 20.7. The molecule has 43 heavy (non-hydrogen) atoms. The highest BCUT2D eigenvalue weighted by Crippen LogP contribution is 2.35. The van der Waals surface area contributed by atoms with Crippen LogP contribution in [0.2, 0.25) is 15.8 Å². The van der Waals surface area contributed by atoms with Crippen LogP contribution in [-0.4, -0.2) is 14.1 Å². The Labute approximate surface area is 280 Å². The molecule has 0 aliphatic rings. The molecule has 0 aliphatic carbocycles. The van der Waals surface area contributed by atoms with E-state index in [1.807, 2.05) is 0 Å². The van der Waals surface area contributed by atoms with Gasteiger partial charge in [-0.2, -0.15) is 0 Å². The van der Waals surface area contributed by atoms with Crippen LogP contribution in [0, 0.1) is 35.5 Å². The molecule has 0 aliphatic heterocycles. The molecule has 0 N–H and O–H groups in total. The highest BCUT2D eigenvalue weighted by atomic mass is 27.2. The topological polar surface area (TPSA) is 0 Å². The van der Waals surface area contributed by atoms with Crippen molar-refractivity contribution in [2.75, 3.05) is 0 Å². The Balaban J connectivity index is 5.81. The van der Waals surface area contributed by atoms with Crippen LogP contribution in [0.25, 0.3) is 0 Å². The first-order valence-corrected chi connectivity index (χ1v) is 23.2. The predicted octanol–water partition coefficient (Wildman–Crippen LogP) is 15.7. The van der Waals surface area contributed by atoms with Gasteiger partial charge in [-0.3, -0.25) is 0 Å². The molecular formula is C42H87Al. The number of hydrogen-bond donors (Lipinski definition) is 0. The van der Waals surface area contributed by atoms with Crippen molar-refractivity contribution in [3.05, 3.63) is 0 Å². The normalized spacial score (nSPS) is 14.2. The van der Waals surface area contributed by atoms with Crippen molar-refractivity contribution in [3.8, 4) is 0 Å². The van der Waals surface area contributed by atoms with Gasteiger partial charge in [-0.25, -0.2) is 0 Å². The zero-order valence-corrected chi connectivity index (χ0v) is 33.3. The van der Waals surface area contributed by atoms with Gasteiger partial charge >= 0.3 is 0 Å². The molecule has 0 fully saturated rings. The quantitative estimate of drug-likeness (QED) is 0.0507. The summed E-state index contributed by atoms with van der Waals surface area (Å²) in [5.41, 5.74) is 0. The van der Waals surface area contributed by atoms with Gasteiger partial charge in [0.1, 0.15) is 0 Å². The first kappa shape index (κ1) is 43.5. The summed E-state index contributed by atoms with van der Waals surface area (Å²) in [5, 5.41) is 5.07. The minimum Gasteiger partial charge on any atom is -0.0910 e. The van der Waals surface area contributed by atoms with E-state index >= 15 is 0 Å². The standard InChI is InChI=1S/3C14H29.Al/c3*1-5-6-7-8-11-14(4)12-9-10-13(2)3;/h3*13-14H,4-12H2,1-3H3;. The van der Waals surface area contributed by atoms with E-state index in [1.165, 1.54) is 135 Å². The van der Waals surface area contributed by atoms with Crippen molar-refractivity contribution in [2.24, 2.45) is 35.5 Å². The lowest BCUT2D eigenvalue weighted by molar-refractivity contribution is 0.394. The third-order valence-electron chi connectivity index (χ3n) is 10.6. The maximum absolute atomic E-state index is 2.44. The number of hydrogen-bond acceptors (Lipinski definition) is 0. The molecule has 0 spiro atoms. The molecule has 0 aromatic carbocycles. The molecule has 0 aromatic rings. The van der Waals surface area contributed by atoms with Gasteiger partial charge < -0.3 is 0 Å². The van der Waals surface area contributed by atoms with Gasteiger partial charge in [-0.1, -0.05) is 250 Å². The largest absolute Gasteiger partial charge is 0.262 e. The van der Waals surface area contributed by atoms with Gasteiger partial charge in [-0.05, 0) is 17.8 Å². The molecule has 0 aromatic heterocycles. The summed E-state index contributed by atoms with van der Waals surface area (Å²) in [7, 11) is 0. The zero-order chi connectivity index (χ0) is 32.1. The van der Waals surface area contributed by atoms with Crippen LogP contribution in [0.4, 0.5) is 0 Å². The lowest BCUT2D eigenvalue weighted by atomic mass is 9.94. The van der Waals surface area contributed by atoms with Crippen LogP contribution in [-0.2, 0) is 0 Å². The van der Waals surface area contributed by atoms with Crippen LogP contribution >= 0.6 is 0 Å². The summed E-state index contributed by atoms with van der Waals surface area (Å²) < 4.78 is 0. The summed E-state index contributed by atoms with van der Waals surface area (Å²) in [6.45, 7) is 21.8. The van der Waals surface area contributed by atoms with E-state index in [2.05, 4.69) is 62.3 Å². The Morgan fingerprint density at radius 2 is 0.558 bits per heavy atom. The second-order valence-corrected chi connectivity index (χ2v) is 19.8. The summed E-state index contributed by atoms with van der Waals surface area (Å²) in [6, 6.07) is 0. The van der Waals surface area contributed by atoms with Crippen LogP contribution in [0.3, 0.4) is 0 Å². The molecule has 0 rings (SSSR count). The van der Waals surface area contributed by atoms with Crippen molar-refractivity contribution < 1.29 is 0 Å². The molecule has 0 amide bonds. The van der Waals surface area contributed by atoms with Gasteiger partial charge in [0.2, 0.25) is 0 Å². The molecule has 3 atom stereocenters. The SMILES string of the molecule is CCCCCCC(CCCC(C)C)[CH2][Al]([CH2]C(CCCCCC)CCCC(C)C)[CH2]C(CCCCCC)CCCC(C)C. The van der Waals surface area contributed by atoms with Crippen molar-refractivity contribution in [3.63, 3.8) is 0 Å². The molecule has 3 unspecified atom stereocenters. The van der Waals surface area contributed by atoms with Crippen LogP contribution < -0.4 is 0 Å². The van der Waals surface area contributed by atoms with E-state index in [1.54, 1.807) is 35.1 Å². The van der Waals surface area contributed by atoms with E-state index in [9.17, 15) is 0 Å². The maximum atomic E-state index is 2.44. The monoisotopic (exact) mass is 619 g/mol. The number of unbranched alkanes of at least 4 members (excludes halogenated alkanes) is 9. The zero-order valence-electron chi connectivity index (χ0n) is 32.1. The molecule has 0 nitrogen and oxygen atoms in total. The second-order valence-electron chi connectivity index (χ2n) is 16.7. The Morgan fingerprint density at radius 1 is 0.302 bits per heavy atom. The minimum atomic E-state index is -0.786. The summed E-state index contributed by atoms with van der Waals surface area (Å²) >= 11 is -0.786. The van der Waals surface area contributed by atoms with Gasteiger partial charge in [0.25, 0.3) is 14.1 Å². The van der Waals surface area contributed by atoms with Crippen LogP contribution in [0.15, 0.2) is 0 Å². The molecule has 0 saturated carbocycles. The van der Waals surface area contributed by atoms with Crippen molar-refractivity contribution in [1.82, 2.24) is 0 Å². The number of rotatable bonds is 33. The molecule has 258 valence electrons. The summed E-state index contributed by atoms with van der Waals surface area (Å²) in [6.07, 6.45) is 35.5. The van der Waals surface area contributed by atoms with Gasteiger partial charge in [0, 0.05) is 0 Å². The van der Waals surface area contributed by atoms with Crippen molar-refractivity contribution >= 4 is 14.1 Å². The van der Waals surface area contributed by atoms with Gasteiger partial charge in [0.15, 0.2) is 0 Å². The van der Waals surface area contributed by atoms with Crippen LogP contribution in [0.1, 0.15) is 216 Å². The molecule has 0 bridgehead atoms. The minimum absolute atomic E-state index is 0.786. The fraction of sp³-hybridized carbons (Fsp3) is 1.00. The molecule has 0 saturated heterocycles. The summed E-state index contributed by atoms with van der Waals surface area (Å²) in [5.74, 6) is 5.74. The van der Waals surface area contributed by atoms with E-state index in [-0.39, 0.29) is 0 Å². The second kappa shape index (κ2) is 31.1. The van der Waals surface area contributed by atoms with Gasteiger partial charge in [-0.15, -0.1) is 0 Å². The van der Waals surface area contributed by atoms with Crippen molar-refractivity contribution in [1.29, 1.82) is 0 Å². The maximum Gasteiger partial charge on any atom is 0.262 e. The molecule has 0 radical (unpaired) electrons. The Morgan fingerprint density at radius 3 is 0.791 bits per heavy atom. The van der Waals surface area contributed by atoms with E-state index in [0.29, 0.717) is 0 Å². The molecule has 0 heterocycles. The smallest absolute Gasteiger partial charge is 0.0910 e. The third kappa shape index (κ3) is 29.7. The Hall–Kier alpha value is 0.532. The average Bonchev–Trinajstić information content (AvgIpc) is 2.94. The van der Waals surface area contributed by atoms with E-state index in [4.69, 9.17) is 0 Å². The lowest BCUT2D eigenvalue weighted by Gasteiger charge is -2.28. The average molecular weight is 619 g/mol. The van der Waals surface area contributed by atoms with Gasteiger partial charge in [0.05, 0.1) is 0 Å². The lowest BCUT2D eigenvalue weighted by Crippen LogP contribution is -2.25. The van der Waals surface area contributed by atoms with E-state index < -0.39 is 14.1 Å². The Kier molecular flexibility index (Phi) is 31.5. The van der Waals surface area contributed by atoms with Crippen molar-refractivity contribution in [2.45, 2.75) is 232 Å². The van der Waals surface area contributed by atoms with E-state index in [0.717, 1.165) is 35.5 Å². The highest BCUT2D eigenvalue weighted by molar-refractivity contribution is 6.59. The van der Waals surface area contributed by atoms with Crippen LogP contribution in [0.5, 0.6) is 0 Å². The first-order chi connectivity index (χ1) is 20.7. The molecular weight excluding hydrogens is 531 g/mol. The predicted molar refractivity (Wildman–Crippen MR) is 203 cm³/mol. The Bertz CT molecular complexity index is 461.